The average molecular weight is 265 g/mol. The van der Waals surface area contributed by atoms with Crippen LogP contribution in [0.5, 0.6) is 5.75 Å². The van der Waals surface area contributed by atoms with Crippen molar-refractivity contribution in [2.45, 2.75) is 26.0 Å². The molecule has 4 nitrogen and oxygen atoms in total. The zero-order chi connectivity index (χ0) is 13.5. The molecule has 0 amide bonds. The summed E-state index contributed by atoms with van der Waals surface area (Å²) in [6.45, 7) is 7.60. The Kier molecular flexibility index (Phi) is 5.63. The molecule has 1 aromatic rings. The highest BCUT2D eigenvalue weighted by Gasteiger charge is 2.28. The van der Waals surface area contributed by atoms with Crippen molar-refractivity contribution in [1.82, 2.24) is 5.32 Å². The highest BCUT2D eigenvalue weighted by Crippen LogP contribution is 2.29. The molecule has 0 radical (unpaired) electrons. The highest BCUT2D eigenvalue weighted by atomic mass is 16.6. The van der Waals surface area contributed by atoms with Gasteiger partial charge in [0, 0.05) is 5.56 Å². The summed E-state index contributed by atoms with van der Waals surface area (Å²) in [5, 5.41) is 3.48. The van der Waals surface area contributed by atoms with E-state index >= 15 is 0 Å². The first-order valence-electron chi connectivity index (χ1n) is 7.01. The Morgan fingerprint density at radius 1 is 1.32 bits per heavy atom. The Morgan fingerprint density at radius 2 is 2.16 bits per heavy atom. The van der Waals surface area contributed by atoms with Crippen LogP contribution < -0.4 is 10.1 Å². The Morgan fingerprint density at radius 3 is 2.84 bits per heavy atom. The Hall–Kier alpha value is -1.10. The van der Waals surface area contributed by atoms with Crippen LogP contribution in [0.1, 0.15) is 25.5 Å². The van der Waals surface area contributed by atoms with Gasteiger partial charge in [-0.2, -0.15) is 0 Å². The lowest BCUT2D eigenvalue weighted by Gasteiger charge is -2.32. The van der Waals surface area contributed by atoms with E-state index in [0.29, 0.717) is 26.4 Å². The van der Waals surface area contributed by atoms with Crippen molar-refractivity contribution in [3.8, 4) is 5.75 Å². The predicted molar refractivity (Wildman–Crippen MR) is 74.6 cm³/mol. The summed E-state index contributed by atoms with van der Waals surface area (Å²) >= 11 is 0. The zero-order valence-corrected chi connectivity index (χ0v) is 11.7. The van der Waals surface area contributed by atoms with Crippen LogP contribution in [-0.4, -0.2) is 39.1 Å². The van der Waals surface area contributed by atoms with E-state index < -0.39 is 0 Å². The molecule has 1 aliphatic heterocycles. The molecule has 0 bridgehead atoms. The van der Waals surface area contributed by atoms with Crippen LogP contribution in [0.2, 0.25) is 0 Å². The Bertz CT molecular complexity index is 377. The standard InChI is InChI=1S/C15H23NO3/c1-3-16-15(14-11-17-9-10-19-14)12-7-5-6-8-13(12)18-4-2/h5-8,14-16H,3-4,9-11H2,1-2H3. The maximum Gasteiger partial charge on any atom is 0.124 e. The van der Waals surface area contributed by atoms with Crippen LogP contribution in [0.4, 0.5) is 0 Å². The third-order valence-corrected chi connectivity index (χ3v) is 3.19. The van der Waals surface area contributed by atoms with E-state index in [1.54, 1.807) is 0 Å². The van der Waals surface area contributed by atoms with Gasteiger partial charge < -0.3 is 19.5 Å². The van der Waals surface area contributed by atoms with Gasteiger partial charge in [-0.1, -0.05) is 25.1 Å². The number of ether oxygens (including phenoxy) is 3. The van der Waals surface area contributed by atoms with Crippen LogP contribution in [0.15, 0.2) is 24.3 Å². The molecular formula is C15H23NO3. The minimum absolute atomic E-state index is 0.0373. The monoisotopic (exact) mass is 265 g/mol. The number of likely N-dealkylation sites (N-methyl/N-ethyl adjacent to an activating group) is 1. The first kappa shape index (κ1) is 14.3. The Labute approximate surface area is 115 Å². The van der Waals surface area contributed by atoms with Crippen molar-refractivity contribution >= 4 is 0 Å². The molecule has 0 aliphatic carbocycles. The molecule has 1 N–H and O–H groups in total. The lowest BCUT2D eigenvalue weighted by Crippen LogP contribution is -2.40. The van der Waals surface area contributed by atoms with Gasteiger partial charge in [0.1, 0.15) is 11.9 Å². The molecule has 2 rings (SSSR count). The highest BCUT2D eigenvalue weighted by molar-refractivity contribution is 5.36. The van der Waals surface area contributed by atoms with Crippen molar-refractivity contribution in [3.05, 3.63) is 29.8 Å². The van der Waals surface area contributed by atoms with E-state index in [-0.39, 0.29) is 12.1 Å². The summed E-state index contributed by atoms with van der Waals surface area (Å²) in [6, 6.07) is 8.23. The minimum Gasteiger partial charge on any atom is -0.494 e. The molecule has 19 heavy (non-hydrogen) atoms. The summed E-state index contributed by atoms with van der Waals surface area (Å²) in [5.41, 5.74) is 1.14. The number of para-hydroxylation sites is 1. The molecule has 4 heteroatoms. The van der Waals surface area contributed by atoms with Gasteiger partial charge in [-0.25, -0.2) is 0 Å². The molecule has 2 atom stereocenters. The van der Waals surface area contributed by atoms with Crippen LogP contribution in [0.3, 0.4) is 0 Å². The van der Waals surface area contributed by atoms with Crippen LogP contribution in [0, 0.1) is 0 Å². The van der Waals surface area contributed by atoms with Gasteiger partial charge in [0.15, 0.2) is 0 Å². The predicted octanol–water partition coefficient (Wildman–Crippen LogP) is 2.15. The average Bonchev–Trinajstić information content (AvgIpc) is 2.47. The fourth-order valence-corrected chi connectivity index (χ4v) is 2.38. The van der Waals surface area contributed by atoms with Gasteiger partial charge in [0.2, 0.25) is 0 Å². The second-order valence-corrected chi connectivity index (χ2v) is 4.49. The molecule has 1 heterocycles. The first-order chi connectivity index (χ1) is 9.36. The van der Waals surface area contributed by atoms with Gasteiger partial charge in [0.25, 0.3) is 0 Å². The summed E-state index contributed by atoms with van der Waals surface area (Å²) < 4.78 is 17.1. The fourth-order valence-electron chi connectivity index (χ4n) is 2.38. The van der Waals surface area contributed by atoms with Crippen molar-refractivity contribution in [3.63, 3.8) is 0 Å². The van der Waals surface area contributed by atoms with Gasteiger partial charge in [-0.05, 0) is 19.5 Å². The van der Waals surface area contributed by atoms with E-state index in [9.17, 15) is 0 Å². The first-order valence-corrected chi connectivity index (χ1v) is 7.01. The minimum atomic E-state index is 0.0373. The molecule has 0 aromatic heterocycles. The van der Waals surface area contributed by atoms with Gasteiger partial charge in [-0.3, -0.25) is 0 Å². The topological polar surface area (TPSA) is 39.7 Å². The van der Waals surface area contributed by atoms with Gasteiger partial charge in [0.05, 0.1) is 32.5 Å². The lowest BCUT2D eigenvalue weighted by atomic mass is 10.00. The summed E-state index contributed by atoms with van der Waals surface area (Å²) in [4.78, 5) is 0. The molecular weight excluding hydrogens is 242 g/mol. The summed E-state index contributed by atoms with van der Waals surface area (Å²) in [7, 11) is 0. The number of rotatable bonds is 6. The SMILES string of the molecule is CCNC(c1ccccc1OCC)C1COCCO1. The van der Waals surface area contributed by atoms with Crippen LogP contribution in [0.25, 0.3) is 0 Å². The van der Waals surface area contributed by atoms with Crippen molar-refractivity contribution in [2.75, 3.05) is 33.0 Å². The molecule has 1 aliphatic rings. The maximum atomic E-state index is 5.84. The fraction of sp³-hybridized carbons (Fsp3) is 0.600. The maximum absolute atomic E-state index is 5.84. The quantitative estimate of drug-likeness (QED) is 0.855. The van der Waals surface area contributed by atoms with Crippen molar-refractivity contribution in [1.29, 1.82) is 0 Å². The molecule has 0 saturated carbocycles. The number of hydrogen-bond acceptors (Lipinski definition) is 4. The third-order valence-electron chi connectivity index (χ3n) is 3.19. The molecule has 1 fully saturated rings. The largest absolute Gasteiger partial charge is 0.494 e. The zero-order valence-electron chi connectivity index (χ0n) is 11.7. The van der Waals surface area contributed by atoms with Crippen LogP contribution >= 0.6 is 0 Å². The number of benzene rings is 1. The smallest absolute Gasteiger partial charge is 0.124 e. The number of hydrogen-bond donors (Lipinski definition) is 1. The Balaban J connectivity index is 2.21. The molecule has 2 unspecified atom stereocenters. The van der Waals surface area contributed by atoms with E-state index in [1.807, 2.05) is 25.1 Å². The molecule has 0 spiro atoms. The summed E-state index contributed by atoms with van der Waals surface area (Å²) in [5.74, 6) is 0.921. The van der Waals surface area contributed by atoms with Crippen molar-refractivity contribution < 1.29 is 14.2 Å². The normalized spacial score (nSPS) is 21.1. The second kappa shape index (κ2) is 7.48. The lowest BCUT2D eigenvalue weighted by molar-refractivity contribution is -0.102. The van der Waals surface area contributed by atoms with Gasteiger partial charge in [-0.15, -0.1) is 0 Å². The van der Waals surface area contributed by atoms with E-state index in [4.69, 9.17) is 14.2 Å². The second-order valence-electron chi connectivity index (χ2n) is 4.49. The van der Waals surface area contributed by atoms with Gasteiger partial charge >= 0.3 is 0 Å². The van der Waals surface area contributed by atoms with Crippen LogP contribution in [-0.2, 0) is 9.47 Å². The molecule has 106 valence electrons. The van der Waals surface area contributed by atoms with E-state index in [1.165, 1.54) is 0 Å². The number of nitrogens with one attached hydrogen (secondary N) is 1. The summed E-state index contributed by atoms with van der Waals surface area (Å²) in [6.07, 6.45) is 0.0373. The molecule has 1 saturated heterocycles. The van der Waals surface area contributed by atoms with E-state index in [0.717, 1.165) is 17.9 Å². The third kappa shape index (κ3) is 3.69. The van der Waals surface area contributed by atoms with Crippen molar-refractivity contribution in [2.24, 2.45) is 0 Å². The molecule has 1 aromatic carbocycles. The van der Waals surface area contributed by atoms with E-state index in [2.05, 4.69) is 18.3 Å².